The molecule has 0 bridgehead atoms. The van der Waals surface area contributed by atoms with Crippen molar-refractivity contribution in [1.82, 2.24) is 4.72 Å². The number of esters is 1. The van der Waals surface area contributed by atoms with Gasteiger partial charge in [-0.3, -0.25) is 19.7 Å². The van der Waals surface area contributed by atoms with Gasteiger partial charge < -0.3 is 19.5 Å². The van der Waals surface area contributed by atoms with Crippen molar-refractivity contribution in [2.24, 2.45) is 0 Å². The van der Waals surface area contributed by atoms with Crippen LogP contribution in [0.4, 0.5) is 11.4 Å². The van der Waals surface area contributed by atoms with E-state index in [0.29, 0.717) is 24.7 Å². The average Bonchev–Trinajstić information content (AvgIpc) is 2.81. The highest BCUT2D eigenvalue weighted by Gasteiger charge is 2.22. The van der Waals surface area contributed by atoms with Crippen LogP contribution in [0.25, 0.3) is 0 Å². The van der Waals surface area contributed by atoms with Gasteiger partial charge in [0.05, 0.1) is 9.82 Å². The quantitative estimate of drug-likeness (QED) is 0.218. The fourth-order valence-corrected chi connectivity index (χ4v) is 4.09. The minimum atomic E-state index is -3.83. The molecule has 2 aromatic rings. The van der Waals surface area contributed by atoms with Gasteiger partial charge in [0.2, 0.25) is 10.0 Å². The molecule has 1 heterocycles. The van der Waals surface area contributed by atoms with Gasteiger partial charge in [0.15, 0.2) is 17.6 Å². The van der Waals surface area contributed by atoms with Crippen LogP contribution in [0.2, 0.25) is 0 Å². The first-order valence-corrected chi connectivity index (χ1v) is 11.8. The number of ether oxygens (including phenoxy) is 3. The highest BCUT2D eigenvalue weighted by Crippen LogP contribution is 2.32. The van der Waals surface area contributed by atoms with E-state index >= 15 is 0 Å². The molecule has 0 aromatic heterocycles. The van der Waals surface area contributed by atoms with Crippen LogP contribution < -0.4 is 19.5 Å². The molecule has 0 saturated carbocycles. The van der Waals surface area contributed by atoms with Crippen LogP contribution in [0.15, 0.2) is 47.4 Å². The van der Waals surface area contributed by atoms with E-state index in [-0.39, 0.29) is 35.7 Å². The molecule has 34 heavy (non-hydrogen) atoms. The number of hydrogen-bond donors (Lipinski definition) is 2. The predicted octanol–water partition coefficient (Wildman–Crippen LogP) is 1.99. The molecule has 0 aliphatic carbocycles. The van der Waals surface area contributed by atoms with Gasteiger partial charge in [0.25, 0.3) is 11.6 Å². The molecule has 1 aliphatic heterocycles. The minimum Gasteiger partial charge on any atom is -0.486 e. The molecule has 182 valence electrons. The zero-order chi connectivity index (χ0) is 24.7. The maximum Gasteiger partial charge on any atom is 0.306 e. The lowest BCUT2D eigenvalue weighted by molar-refractivity contribution is -0.383. The van der Waals surface area contributed by atoms with Gasteiger partial charge in [-0.15, -0.1) is 0 Å². The van der Waals surface area contributed by atoms with Gasteiger partial charge in [-0.05, 0) is 31.5 Å². The zero-order valence-electron chi connectivity index (χ0n) is 18.2. The Morgan fingerprint density at radius 1 is 1.15 bits per heavy atom. The molecule has 12 nitrogen and oxygen atoms in total. The number of rotatable bonds is 10. The molecular weight excluding hydrogens is 470 g/mol. The van der Waals surface area contributed by atoms with Crippen LogP contribution in [-0.2, 0) is 24.3 Å². The van der Waals surface area contributed by atoms with E-state index in [0.717, 1.165) is 0 Å². The van der Waals surface area contributed by atoms with Gasteiger partial charge >= 0.3 is 5.97 Å². The van der Waals surface area contributed by atoms with Gasteiger partial charge in [-0.1, -0.05) is 12.1 Å². The molecule has 1 unspecified atom stereocenters. The molecule has 13 heteroatoms. The Labute approximate surface area is 195 Å². The second-order valence-electron chi connectivity index (χ2n) is 7.20. The Kier molecular flexibility index (Phi) is 8.02. The van der Waals surface area contributed by atoms with Crippen molar-refractivity contribution in [3.8, 4) is 11.5 Å². The summed E-state index contributed by atoms with van der Waals surface area (Å²) in [7, 11) is -3.83. The first-order chi connectivity index (χ1) is 16.2. The summed E-state index contributed by atoms with van der Waals surface area (Å²) >= 11 is 0. The van der Waals surface area contributed by atoms with Crippen LogP contribution in [0.3, 0.4) is 0 Å². The summed E-state index contributed by atoms with van der Waals surface area (Å²) in [6.07, 6.45) is -1.23. The summed E-state index contributed by atoms with van der Waals surface area (Å²) in [6.45, 7) is 2.00. The summed E-state index contributed by atoms with van der Waals surface area (Å²) in [6, 6.07) is 9.84. The molecule has 3 rings (SSSR count). The number of carbonyl (C=O) groups excluding carboxylic acids is 2. The number of sulfonamides is 1. The van der Waals surface area contributed by atoms with E-state index in [1.54, 1.807) is 0 Å². The highest BCUT2D eigenvalue weighted by atomic mass is 32.2. The van der Waals surface area contributed by atoms with Crippen LogP contribution in [0.1, 0.15) is 19.8 Å². The Hall–Kier alpha value is -3.71. The van der Waals surface area contributed by atoms with Crippen molar-refractivity contribution in [3.63, 3.8) is 0 Å². The van der Waals surface area contributed by atoms with Gasteiger partial charge in [-0.2, -0.15) is 0 Å². The smallest absolute Gasteiger partial charge is 0.306 e. The van der Waals surface area contributed by atoms with E-state index < -0.39 is 32.9 Å². The predicted molar refractivity (Wildman–Crippen MR) is 119 cm³/mol. The van der Waals surface area contributed by atoms with Crippen molar-refractivity contribution in [2.75, 3.05) is 25.1 Å². The Morgan fingerprint density at radius 3 is 2.59 bits per heavy atom. The molecule has 2 N–H and O–H groups in total. The molecule has 0 fully saturated rings. The number of amides is 1. The lowest BCUT2D eigenvalue weighted by atomic mass is 10.2. The fraction of sp³-hybridized carbons (Fsp3) is 0.333. The minimum absolute atomic E-state index is 0.000347. The van der Waals surface area contributed by atoms with E-state index in [2.05, 4.69) is 10.0 Å². The second kappa shape index (κ2) is 10.9. The van der Waals surface area contributed by atoms with Crippen molar-refractivity contribution in [1.29, 1.82) is 0 Å². The SMILES string of the molecule is CC(OC(=O)CCCNS(=O)(=O)c1ccc2c(c1)OCCO2)C(=O)Nc1ccccc1[N+](=O)[O-]. The number of hydrogen-bond acceptors (Lipinski definition) is 9. The molecule has 1 atom stereocenters. The summed E-state index contributed by atoms with van der Waals surface area (Å²) in [5, 5.41) is 13.4. The van der Waals surface area contributed by atoms with Crippen LogP contribution in [0.5, 0.6) is 11.5 Å². The van der Waals surface area contributed by atoms with E-state index in [4.69, 9.17) is 14.2 Å². The van der Waals surface area contributed by atoms with Crippen molar-refractivity contribution in [3.05, 3.63) is 52.6 Å². The van der Waals surface area contributed by atoms with E-state index in [1.807, 2.05) is 0 Å². The van der Waals surface area contributed by atoms with Crippen molar-refractivity contribution >= 4 is 33.3 Å². The Bertz CT molecular complexity index is 1180. The van der Waals surface area contributed by atoms with E-state index in [1.165, 1.54) is 49.4 Å². The van der Waals surface area contributed by atoms with Gasteiger partial charge in [0, 0.05) is 25.1 Å². The average molecular weight is 493 g/mol. The number of nitro benzene ring substituents is 1. The summed E-state index contributed by atoms with van der Waals surface area (Å²) in [5.41, 5.74) is -0.311. The molecule has 0 radical (unpaired) electrons. The third-order valence-electron chi connectivity index (χ3n) is 4.71. The van der Waals surface area contributed by atoms with Crippen LogP contribution >= 0.6 is 0 Å². The largest absolute Gasteiger partial charge is 0.486 e. The third kappa shape index (κ3) is 6.42. The maximum atomic E-state index is 12.5. The van der Waals surface area contributed by atoms with Crippen molar-refractivity contribution in [2.45, 2.75) is 30.8 Å². The standard InChI is InChI=1S/C21H23N3O9S/c1-14(21(26)23-16-5-2-3-6-17(16)24(27)28)33-20(25)7-4-10-22-34(29,30)15-8-9-18-19(13-15)32-12-11-31-18/h2-3,5-6,8-9,13-14,22H,4,7,10-12H2,1H3,(H,23,26). The van der Waals surface area contributed by atoms with E-state index in [9.17, 15) is 28.1 Å². The second-order valence-corrected chi connectivity index (χ2v) is 8.97. The Balaban J connectivity index is 1.44. The lowest BCUT2D eigenvalue weighted by Crippen LogP contribution is -2.30. The highest BCUT2D eigenvalue weighted by molar-refractivity contribution is 7.89. The number of fused-ring (bicyclic) bond motifs is 1. The number of anilines is 1. The summed E-state index contributed by atoms with van der Waals surface area (Å²) in [5.74, 6) is -0.649. The fourth-order valence-electron chi connectivity index (χ4n) is 3.00. The number of nitro groups is 1. The topological polar surface area (TPSA) is 163 Å². The number of carbonyl (C=O) groups is 2. The molecular formula is C21H23N3O9S. The maximum absolute atomic E-state index is 12.5. The molecule has 0 spiro atoms. The van der Waals surface area contributed by atoms with Crippen LogP contribution in [-0.4, -0.2) is 51.1 Å². The number of nitrogens with one attached hydrogen (secondary N) is 2. The molecule has 1 aliphatic rings. The van der Waals surface area contributed by atoms with Crippen molar-refractivity contribution < 1.29 is 37.1 Å². The first-order valence-electron chi connectivity index (χ1n) is 10.3. The summed E-state index contributed by atoms with van der Waals surface area (Å²) < 4.78 is 43.1. The van der Waals surface area contributed by atoms with Gasteiger partial charge in [0.1, 0.15) is 18.9 Å². The zero-order valence-corrected chi connectivity index (χ0v) is 19.0. The first kappa shape index (κ1) is 24.9. The molecule has 1 amide bonds. The Morgan fingerprint density at radius 2 is 1.85 bits per heavy atom. The lowest BCUT2D eigenvalue weighted by Gasteiger charge is -2.19. The molecule has 0 saturated heterocycles. The van der Waals surface area contributed by atoms with Gasteiger partial charge in [-0.25, -0.2) is 13.1 Å². The number of para-hydroxylation sites is 2. The number of nitrogens with zero attached hydrogens (tertiary/aromatic N) is 1. The van der Waals surface area contributed by atoms with Crippen LogP contribution in [0, 0.1) is 10.1 Å². The monoisotopic (exact) mass is 493 g/mol. The third-order valence-corrected chi connectivity index (χ3v) is 6.17. The molecule has 2 aromatic carbocycles. The number of benzene rings is 2. The summed E-state index contributed by atoms with van der Waals surface area (Å²) in [4.78, 5) is 34.6. The normalized spacial score (nSPS) is 13.6.